The molecule has 1 N–H and O–H groups in total. The van der Waals surface area contributed by atoms with Crippen LogP contribution in [0.4, 0.5) is 0 Å². The zero-order valence-electron chi connectivity index (χ0n) is 10.0. The lowest BCUT2D eigenvalue weighted by Crippen LogP contribution is -1.97. The largest absolute Gasteiger partial charge is 0.336 e. The Kier molecular flexibility index (Phi) is 12.5. The second kappa shape index (κ2) is 13.2. The van der Waals surface area contributed by atoms with E-state index in [1.54, 1.807) is 6.20 Å². The van der Waals surface area contributed by atoms with Gasteiger partial charge >= 0.3 is 0 Å². The molecule has 0 rings (SSSR count). The third-order valence-electron chi connectivity index (χ3n) is 2.51. The highest BCUT2D eigenvalue weighted by Crippen LogP contribution is 2.09. The van der Waals surface area contributed by atoms with Gasteiger partial charge in [-0.3, -0.25) is 4.79 Å². The number of nitrogens with one attached hydrogen (secondary N) is 1. The first-order valence-corrected chi connectivity index (χ1v) is 6.26. The standard InChI is InChI=1S/C13H25NO/c1-2-3-4-5-6-7-8-9-10-11-12-14-13-15/h11-13H,2-10H2,1H3,(H,14,15). The maximum absolute atomic E-state index is 9.90. The minimum atomic E-state index is 0.699. The van der Waals surface area contributed by atoms with Crippen molar-refractivity contribution in [1.82, 2.24) is 5.32 Å². The van der Waals surface area contributed by atoms with E-state index in [4.69, 9.17) is 0 Å². The summed E-state index contributed by atoms with van der Waals surface area (Å²) < 4.78 is 0. The average Bonchev–Trinajstić information content (AvgIpc) is 2.26. The Morgan fingerprint density at radius 2 is 1.53 bits per heavy atom. The first-order chi connectivity index (χ1) is 7.41. The Bertz CT molecular complexity index is 155. The molecule has 0 heterocycles. The van der Waals surface area contributed by atoms with E-state index in [2.05, 4.69) is 12.2 Å². The molecule has 0 saturated heterocycles. The van der Waals surface area contributed by atoms with Crippen molar-refractivity contribution in [2.45, 2.75) is 64.7 Å². The van der Waals surface area contributed by atoms with E-state index in [0.717, 1.165) is 6.42 Å². The number of carbonyl (C=O) groups excluding carboxylic acids is 1. The molecule has 0 spiro atoms. The molecule has 2 heteroatoms. The maximum Gasteiger partial charge on any atom is 0.211 e. The van der Waals surface area contributed by atoms with Crippen molar-refractivity contribution in [2.24, 2.45) is 0 Å². The molecule has 0 radical (unpaired) electrons. The molecular formula is C13H25NO. The highest BCUT2D eigenvalue weighted by atomic mass is 16.1. The van der Waals surface area contributed by atoms with E-state index >= 15 is 0 Å². The Balaban J connectivity index is 2.95. The molecule has 0 atom stereocenters. The van der Waals surface area contributed by atoms with Crippen LogP contribution in [-0.2, 0) is 4.79 Å². The van der Waals surface area contributed by atoms with Crippen molar-refractivity contribution in [3.05, 3.63) is 12.3 Å². The van der Waals surface area contributed by atoms with Crippen molar-refractivity contribution < 1.29 is 4.79 Å². The van der Waals surface area contributed by atoms with Gasteiger partial charge in [-0.15, -0.1) is 0 Å². The first kappa shape index (κ1) is 14.2. The molecule has 0 aliphatic heterocycles. The molecule has 88 valence electrons. The van der Waals surface area contributed by atoms with Gasteiger partial charge in [-0.05, 0) is 19.0 Å². The van der Waals surface area contributed by atoms with Crippen LogP contribution >= 0.6 is 0 Å². The molecule has 0 aromatic heterocycles. The van der Waals surface area contributed by atoms with Crippen LogP contribution < -0.4 is 5.32 Å². The third-order valence-corrected chi connectivity index (χ3v) is 2.51. The average molecular weight is 211 g/mol. The van der Waals surface area contributed by atoms with E-state index in [-0.39, 0.29) is 0 Å². The van der Waals surface area contributed by atoms with Crippen LogP contribution in [0.25, 0.3) is 0 Å². The fourth-order valence-corrected chi connectivity index (χ4v) is 1.59. The predicted molar refractivity (Wildman–Crippen MR) is 65.6 cm³/mol. The van der Waals surface area contributed by atoms with E-state index in [9.17, 15) is 4.79 Å². The summed E-state index contributed by atoms with van der Waals surface area (Å²) in [4.78, 5) is 9.90. The molecule has 0 saturated carbocycles. The number of amides is 1. The number of allylic oxidation sites excluding steroid dienone is 1. The Morgan fingerprint density at radius 3 is 2.13 bits per heavy atom. The van der Waals surface area contributed by atoms with Crippen molar-refractivity contribution >= 4 is 6.41 Å². The van der Waals surface area contributed by atoms with Gasteiger partial charge < -0.3 is 5.32 Å². The van der Waals surface area contributed by atoms with Gasteiger partial charge in [-0.25, -0.2) is 0 Å². The van der Waals surface area contributed by atoms with E-state index in [1.165, 1.54) is 51.4 Å². The van der Waals surface area contributed by atoms with Gasteiger partial charge in [-0.2, -0.15) is 0 Å². The lowest BCUT2D eigenvalue weighted by atomic mass is 10.1. The normalized spacial score (nSPS) is 10.7. The zero-order valence-corrected chi connectivity index (χ0v) is 10.0. The van der Waals surface area contributed by atoms with Gasteiger partial charge in [0.15, 0.2) is 0 Å². The third kappa shape index (κ3) is 13.2. The number of carbonyl (C=O) groups is 1. The molecule has 0 fully saturated rings. The SMILES string of the molecule is CCCCCCCCCCC=CNC=O. The van der Waals surface area contributed by atoms with Gasteiger partial charge in [0, 0.05) is 0 Å². The Labute approximate surface area is 94.1 Å². The van der Waals surface area contributed by atoms with Crippen molar-refractivity contribution in [3.63, 3.8) is 0 Å². The Hall–Kier alpha value is -0.790. The van der Waals surface area contributed by atoms with Gasteiger partial charge in [-0.1, -0.05) is 57.9 Å². The van der Waals surface area contributed by atoms with Crippen molar-refractivity contribution in [1.29, 1.82) is 0 Å². The number of unbranched alkanes of at least 4 members (excludes halogenated alkanes) is 8. The van der Waals surface area contributed by atoms with Crippen LogP contribution in [-0.4, -0.2) is 6.41 Å². The smallest absolute Gasteiger partial charge is 0.211 e. The monoisotopic (exact) mass is 211 g/mol. The van der Waals surface area contributed by atoms with Crippen LogP contribution in [0.5, 0.6) is 0 Å². The number of rotatable bonds is 11. The Morgan fingerprint density at radius 1 is 0.933 bits per heavy atom. The summed E-state index contributed by atoms with van der Waals surface area (Å²) in [5.41, 5.74) is 0. The lowest BCUT2D eigenvalue weighted by Gasteiger charge is -1.99. The zero-order chi connectivity index (χ0) is 11.2. The van der Waals surface area contributed by atoms with Crippen molar-refractivity contribution in [2.75, 3.05) is 0 Å². The fourth-order valence-electron chi connectivity index (χ4n) is 1.59. The molecule has 0 aliphatic carbocycles. The summed E-state index contributed by atoms with van der Waals surface area (Å²) >= 11 is 0. The highest BCUT2D eigenvalue weighted by molar-refractivity contribution is 5.47. The van der Waals surface area contributed by atoms with Crippen molar-refractivity contribution in [3.8, 4) is 0 Å². The second-order valence-corrected chi connectivity index (χ2v) is 3.95. The first-order valence-electron chi connectivity index (χ1n) is 6.26. The summed E-state index contributed by atoms with van der Waals surface area (Å²) in [5.74, 6) is 0. The van der Waals surface area contributed by atoms with Gasteiger partial charge in [0.1, 0.15) is 0 Å². The minimum Gasteiger partial charge on any atom is -0.336 e. The summed E-state index contributed by atoms with van der Waals surface area (Å²) in [6.07, 6.45) is 16.3. The molecule has 0 aromatic carbocycles. The summed E-state index contributed by atoms with van der Waals surface area (Å²) in [6.45, 7) is 2.25. The molecule has 15 heavy (non-hydrogen) atoms. The van der Waals surface area contributed by atoms with Crippen LogP contribution in [0.3, 0.4) is 0 Å². The van der Waals surface area contributed by atoms with Crippen LogP contribution in [0.1, 0.15) is 64.7 Å². The fraction of sp³-hybridized carbons (Fsp3) is 0.769. The summed E-state index contributed by atoms with van der Waals surface area (Å²) in [7, 11) is 0. The molecule has 0 bridgehead atoms. The van der Waals surface area contributed by atoms with Crippen LogP contribution in [0, 0.1) is 0 Å². The summed E-state index contributed by atoms with van der Waals surface area (Å²) in [6, 6.07) is 0. The van der Waals surface area contributed by atoms with E-state index < -0.39 is 0 Å². The van der Waals surface area contributed by atoms with Crippen LogP contribution in [0.2, 0.25) is 0 Å². The van der Waals surface area contributed by atoms with Gasteiger partial charge in [0.25, 0.3) is 0 Å². The van der Waals surface area contributed by atoms with Gasteiger partial charge in [0.05, 0.1) is 0 Å². The molecule has 1 amide bonds. The van der Waals surface area contributed by atoms with E-state index in [1.807, 2.05) is 6.08 Å². The van der Waals surface area contributed by atoms with Crippen LogP contribution in [0.15, 0.2) is 12.3 Å². The van der Waals surface area contributed by atoms with Gasteiger partial charge in [0.2, 0.25) is 6.41 Å². The van der Waals surface area contributed by atoms with E-state index in [0.29, 0.717) is 6.41 Å². The molecule has 0 aromatic rings. The number of hydrogen-bond acceptors (Lipinski definition) is 1. The highest BCUT2D eigenvalue weighted by Gasteiger charge is 1.89. The lowest BCUT2D eigenvalue weighted by molar-refractivity contribution is -0.108. The second-order valence-electron chi connectivity index (χ2n) is 3.95. The molecule has 2 nitrogen and oxygen atoms in total. The number of hydrogen-bond donors (Lipinski definition) is 1. The molecular weight excluding hydrogens is 186 g/mol. The predicted octanol–water partition coefficient (Wildman–Crippen LogP) is 3.78. The quantitative estimate of drug-likeness (QED) is 0.409. The summed E-state index contributed by atoms with van der Waals surface area (Å²) in [5, 5.41) is 2.51. The topological polar surface area (TPSA) is 29.1 Å². The maximum atomic E-state index is 9.90. The minimum absolute atomic E-state index is 0.699. The molecule has 0 unspecified atom stereocenters. The molecule has 0 aliphatic rings.